The average Bonchev–Trinajstić information content (AvgIpc) is 2.93. The van der Waals surface area contributed by atoms with Crippen molar-refractivity contribution < 1.29 is 0 Å². The molecule has 0 aliphatic heterocycles. The van der Waals surface area contributed by atoms with Crippen LogP contribution in [0.3, 0.4) is 0 Å². The van der Waals surface area contributed by atoms with Gasteiger partial charge in [0.1, 0.15) is 5.82 Å². The van der Waals surface area contributed by atoms with Crippen molar-refractivity contribution in [3.63, 3.8) is 0 Å². The zero-order valence-corrected chi connectivity index (χ0v) is 11.3. The SMILES string of the molecule is CCN(Cc1ccncc1)c1nc(N)cn2ccnc12. The van der Waals surface area contributed by atoms with E-state index in [0.29, 0.717) is 5.82 Å². The highest BCUT2D eigenvalue weighted by Crippen LogP contribution is 2.21. The highest BCUT2D eigenvalue weighted by Gasteiger charge is 2.13. The Morgan fingerprint density at radius 3 is 2.80 bits per heavy atom. The Bertz CT molecular complexity index is 706. The van der Waals surface area contributed by atoms with Crippen molar-refractivity contribution in [1.82, 2.24) is 19.4 Å². The van der Waals surface area contributed by atoms with E-state index in [1.165, 1.54) is 5.56 Å². The minimum absolute atomic E-state index is 0.485. The lowest BCUT2D eigenvalue weighted by Gasteiger charge is -2.22. The third-order valence-corrected chi connectivity index (χ3v) is 3.18. The number of aromatic nitrogens is 4. The summed E-state index contributed by atoms with van der Waals surface area (Å²) in [7, 11) is 0. The standard InChI is InChI=1S/C14H16N6/c1-2-19(9-11-3-5-16-6-4-11)14-13-17-7-8-20(13)10-12(15)18-14/h3-8,10H,2,9,15H2,1H3. The van der Waals surface area contributed by atoms with Gasteiger partial charge >= 0.3 is 0 Å². The molecule has 3 aromatic rings. The Balaban J connectivity index is 2.01. The number of anilines is 2. The molecule has 0 amide bonds. The fraction of sp³-hybridized carbons (Fsp3) is 0.214. The summed E-state index contributed by atoms with van der Waals surface area (Å²) < 4.78 is 1.90. The summed E-state index contributed by atoms with van der Waals surface area (Å²) in [5.74, 6) is 1.29. The van der Waals surface area contributed by atoms with Crippen LogP contribution in [0.15, 0.2) is 43.1 Å². The lowest BCUT2D eigenvalue weighted by Crippen LogP contribution is -2.24. The molecule has 0 atom stereocenters. The van der Waals surface area contributed by atoms with Gasteiger partial charge in [-0.1, -0.05) is 0 Å². The highest BCUT2D eigenvalue weighted by molar-refractivity contribution is 5.66. The van der Waals surface area contributed by atoms with Crippen molar-refractivity contribution in [2.75, 3.05) is 17.2 Å². The number of hydrogen-bond acceptors (Lipinski definition) is 5. The highest BCUT2D eigenvalue weighted by atomic mass is 15.2. The zero-order chi connectivity index (χ0) is 13.9. The van der Waals surface area contributed by atoms with Crippen LogP contribution in [0.2, 0.25) is 0 Å². The fourth-order valence-corrected chi connectivity index (χ4v) is 2.19. The summed E-state index contributed by atoms with van der Waals surface area (Å²) in [4.78, 5) is 15.0. The Labute approximate surface area is 116 Å². The maximum absolute atomic E-state index is 5.87. The van der Waals surface area contributed by atoms with Crippen LogP contribution in [0.25, 0.3) is 5.65 Å². The molecule has 0 spiro atoms. The van der Waals surface area contributed by atoms with Crippen LogP contribution in [0.1, 0.15) is 12.5 Å². The number of imidazole rings is 1. The molecule has 6 nitrogen and oxygen atoms in total. The van der Waals surface area contributed by atoms with E-state index >= 15 is 0 Å². The van der Waals surface area contributed by atoms with E-state index < -0.39 is 0 Å². The van der Waals surface area contributed by atoms with Crippen LogP contribution >= 0.6 is 0 Å². The van der Waals surface area contributed by atoms with E-state index in [1.54, 1.807) is 24.8 Å². The second kappa shape index (κ2) is 5.16. The number of nitrogens with two attached hydrogens (primary N) is 1. The third kappa shape index (κ3) is 2.27. The van der Waals surface area contributed by atoms with Crippen molar-refractivity contribution in [2.24, 2.45) is 0 Å². The molecule has 0 saturated carbocycles. The molecule has 0 bridgehead atoms. The molecule has 3 aromatic heterocycles. The molecule has 0 aliphatic rings. The fourth-order valence-electron chi connectivity index (χ4n) is 2.19. The van der Waals surface area contributed by atoms with E-state index in [9.17, 15) is 0 Å². The van der Waals surface area contributed by atoms with Gasteiger partial charge in [0.25, 0.3) is 0 Å². The van der Waals surface area contributed by atoms with Crippen LogP contribution < -0.4 is 10.6 Å². The van der Waals surface area contributed by atoms with Crippen molar-refractivity contribution in [3.05, 3.63) is 48.7 Å². The average molecular weight is 268 g/mol. The number of hydrogen-bond donors (Lipinski definition) is 1. The summed E-state index contributed by atoms with van der Waals surface area (Å²) >= 11 is 0. The quantitative estimate of drug-likeness (QED) is 0.780. The minimum atomic E-state index is 0.485. The van der Waals surface area contributed by atoms with Crippen LogP contribution in [0.5, 0.6) is 0 Å². The van der Waals surface area contributed by atoms with Crippen LogP contribution in [0.4, 0.5) is 11.6 Å². The molecule has 6 heteroatoms. The van der Waals surface area contributed by atoms with Crippen molar-refractivity contribution in [2.45, 2.75) is 13.5 Å². The lowest BCUT2D eigenvalue weighted by molar-refractivity contribution is 0.811. The van der Waals surface area contributed by atoms with Gasteiger partial charge in [0.15, 0.2) is 11.5 Å². The van der Waals surface area contributed by atoms with Gasteiger partial charge in [-0.05, 0) is 24.6 Å². The van der Waals surface area contributed by atoms with Gasteiger partial charge in [0.05, 0.1) is 6.20 Å². The lowest BCUT2D eigenvalue weighted by atomic mass is 10.2. The monoisotopic (exact) mass is 268 g/mol. The van der Waals surface area contributed by atoms with E-state index in [-0.39, 0.29) is 0 Å². The normalized spacial score (nSPS) is 10.8. The molecule has 0 saturated heterocycles. The van der Waals surface area contributed by atoms with Gasteiger partial charge in [0.2, 0.25) is 0 Å². The largest absolute Gasteiger partial charge is 0.382 e. The number of fused-ring (bicyclic) bond motifs is 1. The first-order valence-electron chi connectivity index (χ1n) is 6.51. The summed E-state index contributed by atoms with van der Waals surface area (Å²) in [6.45, 7) is 3.66. The van der Waals surface area contributed by atoms with Crippen molar-refractivity contribution >= 4 is 17.3 Å². The van der Waals surface area contributed by atoms with Gasteiger partial charge in [-0.25, -0.2) is 9.97 Å². The molecule has 0 radical (unpaired) electrons. The Hall–Kier alpha value is -2.63. The second-order valence-corrected chi connectivity index (χ2v) is 4.52. The first-order chi connectivity index (χ1) is 9.78. The van der Waals surface area contributed by atoms with Gasteiger partial charge in [-0.15, -0.1) is 0 Å². The first kappa shape index (κ1) is 12.4. The molecule has 20 heavy (non-hydrogen) atoms. The van der Waals surface area contributed by atoms with E-state index in [0.717, 1.165) is 24.6 Å². The number of pyridine rings is 1. The molecule has 0 unspecified atom stereocenters. The molecule has 3 heterocycles. The predicted molar refractivity (Wildman–Crippen MR) is 78.4 cm³/mol. The van der Waals surface area contributed by atoms with Gasteiger partial charge < -0.3 is 15.0 Å². The van der Waals surface area contributed by atoms with Crippen LogP contribution in [0, 0.1) is 0 Å². The molecular formula is C14H16N6. The van der Waals surface area contributed by atoms with E-state index in [1.807, 2.05) is 22.7 Å². The Morgan fingerprint density at radius 1 is 1.25 bits per heavy atom. The first-order valence-corrected chi connectivity index (χ1v) is 6.51. The summed E-state index contributed by atoms with van der Waals surface area (Å²) in [6.07, 6.45) is 8.98. The zero-order valence-electron chi connectivity index (χ0n) is 11.3. The maximum atomic E-state index is 5.87. The molecule has 0 fully saturated rings. The molecular weight excluding hydrogens is 252 g/mol. The third-order valence-electron chi connectivity index (χ3n) is 3.18. The van der Waals surface area contributed by atoms with E-state index in [4.69, 9.17) is 5.73 Å². The maximum Gasteiger partial charge on any atom is 0.180 e. The number of rotatable bonds is 4. The minimum Gasteiger partial charge on any atom is -0.382 e. The Kier molecular flexibility index (Phi) is 3.20. The van der Waals surface area contributed by atoms with Crippen molar-refractivity contribution in [3.8, 4) is 0 Å². The summed E-state index contributed by atoms with van der Waals surface area (Å²) in [6, 6.07) is 4.00. The smallest absolute Gasteiger partial charge is 0.180 e. The number of nitrogens with zero attached hydrogens (tertiary/aromatic N) is 5. The van der Waals surface area contributed by atoms with Crippen molar-refractivity contribution in [1.29, 1.82) is 0 Å². The molecule has 0 aliphatic carbocycles. The Morgan fingerprint density at radius 2 is 2.05 bits per heavy atom. The van der Waals surface area contributed by atoms with Gasteiger partial charge in [0, 0.05) is 37.9 Å². The number of nitrogen functional groups attached to an aromatic ring is 1. The van der Waals surface area contributed by atoms with Crippen LogP contribution in [-0.4, -0.2) is 25.9 Å². The predicted octanol–water partition coefficient (Wildman–Crippen LogP) is 1.73. The topological polar surface area (TPSA) is 72.3 Å². The van der Waals surface area contributed by atoms with Crippen LogP contribution in [-0.2, 0) is 6.54 Å². The molecule has 102 valence electrons. The molecule has 2 N–H and O–H groups in total. The molecule has 3 rings (SSSR count). The summed E-state index contributed by atoms with van der Waals surface area (Å²) in [5.41, 5.74) is 7.86. The molecule has 0 aromatic carbocycles. The summed E-state index contributed by atoms with van der Waals surface area (Å²) in [5, 5.41) is 0. The van der Waals surface area contributed by atoms with Gasteiger partial charge in [-0.2, -0.15) is 0 Å². The van der Waals surface area contributed by atoms with Gasteiger partial charge in [-0.3, -0.25) is 4.98 Å². The van der Waals surface area contributed by atoms with E-state index in [2.05, 4.69) is 26.8 Å². The second-order valence-electron chi connectivity index (χ2n) is 4.52.